The fraction of sp³-hybridized carbons (Fsp3) is 0.250. The zero-order valence-corrected chi connectivity index (χ0v) is 11.7. The average molecular weight is 267 g/mol. The second kappa shape index (κ2) is 4.96. The molecule has 102 valence electrons. The molecule has 2 aromatic heterocycles. The van der Waals surface area contributed by atoms with Gasteiger partial charge in [-0.15, -0.1) is 0 Å². The number of aromatic nitrogens is 3. The van der Waals surface area contributed by atoms with Crippen molar-refractivity contribution in [3.8, 4) is 11.3 Å². The summed E-state index contributed by atoms with van der Waals surface area (Å²) in [4.78, 5) is 12.4. The number of nitrogens with zero attached hydrogens (tertiary/aromatic N) is 3. The molecule has 20 heavy (non-hydrogen) atoms. The van der Waals surface area contributed by atoms with Crippen LogP contribution >= 0.6 is 0 Å². The van der Waals surface area contributed by atoms with Crippen molar-refractivity contribution in [2.75, 3.05) is 0 Å². The van der Waals surface area contributed by atoms with Crippen molar-refractivity contribution < 1.29 is 0 Å². The molecule has 0 aliphatic rings. The largest absolute Gasteiger partial charge is 0.312 e. The van der Waals surface area contributed by atoms with E-state index in [1.54, 1.807) is 15.3 Å². The predicted octanol–water partition coefficient (Wildman–Crippen LogP) is 2.82. The topological polar surface area (TPSA) is 39.3 Å². The Kier molecular flexibility index (Phi) is 3.14. The minimum absolute atomic E-state index is 0.0101. The summed E-state index contributed by atoms with van der Waals surface area (Å²) >= 11 is 0. The van der Waals surface area contributed by atoms with Crippen molar-refractivity contribution in [3.63, 3.8) is 0 Å². The first-order valence-corrected chi connectivity index (χ1v) is 6.79. The quantitative estimate of drug-likeness (QED) is 0.732. The Balaban J connectivity index is 2.12. The van der Waals surface area contributed by atoms with E-state index in [0.717, 1.165) is 17.8 Å². The Labute approximate surface area is 117 Å². The summed E-state index contributed by atoms with van der Waals surface area (Å²) < 4.78 is 3.40. The Morgan fingerprint density at radius 2 is 1.90 bits per heavy atom. The lowest BCUT2D eigenvalue weighted by molar-refractivity contribution is 0.510. The zero-order chi connectivity index (χ0) is 14.1. The second-order valence-electron chi connectivity index (χ2n) is 5.37. The van der Waals surface area contributed by atoms with Crippen LogP contribution < -0.4 is 5.56 Å². The lowest BCUT2D eigenvalue weighted by atomic mass is 10.1. The van der Waals surface area contributed by atoms with Crippen molar-refractivity contribution in [2.24, 2.45) is 5.92 Å². The summed E-state index contributed by atoms with van der Waals surface area (Å²) in [6, 6.07) is 11.7. The Hall–Kier alpha value is -2.36. The van der Waals surface area contributed by atoms with Gasteiger partial charge >= 0.3 is 0 Å². The first-order chi connectivity index (χ1) is 9.65. The van der Waals surface area contributed by atoms with Gasteiger partial charge in [0.1, 0.15) is 5.52 Å². The summed E-state index contributed by atoms with van der Waals surface area (Å²) in [5.74, 6) is 0.437. The Morgan fingerprint density at radius 3 is 2.60 bits per heavy atom. The monoisotopic (exact) mass is 267 g/mol. The number of hydrogen-bond donors (Lipinski definition) is 0. The molecule has 0 aliphatic heterocycles. The van der Waals surface area contributed by atoms with Crippen LogP contribution in [-0.2, 0) is 6.54 Å². The molecule has 0 aliphatic carbocycles. The van der Waals surface area contributed by atoms with Gasteiger partial charge in [-0.2, -0.15) is 5.10 Å². The van der Waals surface area contributed by atoms with Crippen LogP contribution in [0.1, 0.15) is 13.8 Å². The van der Waals surface area contributed by atoms with Crippen molar-refractivity contribution in [3.05, 3.63) is 59.1 Å². The summed E-state index contributed by atoms with van der Waals surface area (Å²) in [5, 5.41) is 4.47. The molecule has 4 nitrogen and oxygen atoms in total. The van der Waals surface area contributed by atoms with Gasteiger partial charge in [-0.25, -0.2) is 4.52 Å². The second-order valence-corrected chi connectivity index (χ2v) is 5.37. The van der Waals surface area contributed by atoms with Gasteiger partial charge in [0.25, 0.3) is 5.56 Å². The van der Waals surface area contributed by atoms with Gasteiger partial charge in [0, 0.05) is 24.5 Å². The van der Waals surface area contributed by atoms with E-state index in [4.69, 9.17) is 0 Å². The number of benzene rings is 1. The van der Waals surface area contributed by atoms with E-state index in [-0.39, 0.29) is 5.56 Å². The fourth-order valence-electron chi connectivity index (χ4n) is 2.31. The average Bonchev–Trinajstić information content (AvgIpc) is 2.87. The lowest BCUT2D eigenvalue weighted by Gasteiger charge is -2.07. The molecule has 0 amide bonds. The third-order valence-electron chi connectivity index (χ3n) is 3.23. The van der Waals surface area contributed by atoms with Gasteiger partial charge in [-0.05, 0) is 12.0 Å². The van der Waals surface area contributed by atoms with Crippen molar-refractivity contribution in [1.29, 1.82) is 0 Å². The first kappa shape index (κ1) is 12.7. The van der Waals surface area contributed by atoms with Gasteiger partial charge in [-0.3, -0.25) is 4.79 Å². The summed E-state index contributed by atoms with van der Waals surface area (Å²) in [5.41, 5.74) is 2.47. The van der Waals surface area contributed by atoms with Crippen LogP contribution in [0.25, 0.3) is 16.8 Å². The molecule has 0 bridgehead atoms. The Morgan fingerprint density at radius 1 is 1.15 bits per heavy atom. The van der Waals surface area contributed by atoms with Crippen molar-refractivity contribution in [2.45, 2.75) is 20.4 Å². The molecule has 0 spiro atoms. The number of rotatable bonds is 3. The molecule has 0 N–H and O–H groups in total. The first-order valence-electron chi connectivity index (χ1n) is 6.79. The van der Waals surface area contributed by atoms with Gasteiger partial charge in [0.05, 0.1) is 5.69 Å². The third kappa shape index (κ3) is 2.25. The van der Waals surface area contributed by atoms with Crippen LogP contribution in [0.15, 0.2) is 53.6 Å². The van der Waals surface area contributed by atoms with Gasteiger partial charge < -0.3 is 4.57 Å². The minimum Gasteiger partial charge on any atom is -0.312 e. The van der Waals surface area contributed by atoms with Gasteiger partial charge in [0.15, 0.2) is 0 Å². The molecule has 0 fully saturated rings. The van der Waals surface area contributed by atoms with Crippen LogP contribution in [0, 0.1) is 5.92 Å². The molecule has 0 unspecified atom stereocenters. The lowest BCUT2D eigenvalue weighted by Crippen LogP contribution is -2.23. The van der Waals surface area contributed by atoms with E-state index in [0.29, 0.717) is 11.4 Å². The van der Waals surface area contributed by atoms with E-state index < -0.39 is 0 Å². The standard InChI is InChI=1S/C16H17N3O/c1-12(2)11-18-8-9-19-15(16(18)20)10-14(17-19)13-6-4-3-5-7-13/h3-10,12H,11H2,1-2H3. The highest BCUT2D eigenvalue weighted by molar-refractivity contribution is 5.65. The fourth-order valence-corrected chi connectivity index (χ4v) is 2.31. The normalized spacial score (nSPS) is 11.3. The molecular weight excluding hydrogens is 250 g/mol. The third-order valence-corrected chi connectivity index (χ3v) is 3.23. The van der Waals surface area contributed by atoms with Crippen LogP contribution in [0.3, 0.4) is 0 Å². The number of fused-ring (bicyclic) bond motifs is 1. The van der Waals surface area contributed by atoms with Crippen molar-refractivity contribution in [1.82, 2.24) is 14.2 Å². The van der Waals surface area contributed by atoms with E-state index in [9.17, 15) is 4.79 Å². The SMILES string of the molecule is CC(C)Cn1ccn2nc(-c3ccccc3)cc2c1=O. The summed E-state index contributed by atoms with van der Waals surface area (Å²) in [7, 11) is 0. The highest BCUT2D eigenvalue weighted by Gasteiger charge is 2.09. The van der Waals surface area contributed by atoms with Crippen LogP contribution in [0.4, 0.5) is 0 Å². The van der Waals surface area contributed by atoms with E-state index in [1.165, 1.54) is 0 Å². The van der Waals surface area contributed by atoms with Crippen LogP contribution in [0.2, 0.25) is 0 Å². The molecule has 1 aromatic carbocycles. The van der Waals surface area contributed by atoms with Gasteiger partial charge in [0.2, 0.25) is 0 Å². The molecule has 2 heterocycles. The highest BCUT2D eigenvalue weighted by atomic mass is 16.1. The van der Waals surface area contributed by atoms with Crippen LogP contribution in [0.5, 0.6) is 0 Å². The predicted molar refractivity (Wildman–Crippen MR) is 79.7 cm³/mol. The molecule has 0 saturated carbocycles. The molecular formula is C16H17N3O. The molecule has 0 atom stereocenters. The zero-order valence-electron chi connectivity index (χ0n) is 11.7. The molecule has 0 radical (unpaired) electrons. The van der Waals surface area contributed by atoms with Crippen molar-refractivity contribution >= 4 is 5.52 Å². The molecule has 3 rings (SSSR count). The van der Waals surface area contributed by atoms with E-state index >= 15 is 0 Å². The van der Waals surface area contributed by atoms with Crippen LogP contribution in [-0.4, -0.2) is 14.2 Å². The maximum Gasteiger partial charge on any atom is 0.276 e. The highest BCUT2D eigenvalue weighted by Crippen LogP contribution is 2.17. The minimum atomic E-state index is 0.0101. The van der Waals surface area contributed by atoms with E-state index in [2.05, 4.69) is 18.9 Å². The summed E-state index contributed by atoms with van der Waals surface area (Å²) in [6.45, 7) is 4.92. The summed E-state index contributed by atoms with van der Waals surface area (Å²) in [6.07, 6.45) is 3.64. The molecule has 4 heteroatoms. The number of hydrogen-bond acceptors (Lipinski definition) is 2. The van der Waals surface area contributed by atoms with Gasteiger partial charge in [-0.1, -0.05) is 44.2 Å². The smallest absolute Gasteiger partial charge is 0.276 e. The Bertz CT molecular complexity index is 784. The molecule has 0 saturated heterocycles. The van der Waals surface area contributed by atoms with E-state index in [1.807, 2.05) is 42.6 Å². The maximum atomic E-state index is 12.4. The molecule has 3 aromatic rings. The maximum absolute atomic E-state index is 12.4.